The van der Waals surface area contributed by atoms with Crippen LogP contribution in [0.15, 0.2) is 0 Å². The van der Waals surface area contributed by atoms with Crippen molar-refractivity contribution in [3.8, 4) is 0 Å². The molecule has 0 fully saturated rings. The first-order valence-electron chi connectivity index (χ1n) is 9.59. The summed E-state index contributed by atoms with van der Waals surface area (Å²) in [6, 6.07) is 0. The van der Waals surface area contributed by atoms with E-state index in [1.165, 1.54) is 56.7 Å². The van der Waals surface area contributed by atoms with Gasteiger partial charge in [0.2, 0.25) is 0 Å². The van der Waals surface area contributed by atoms with Gasteiger partial charge in [0.1, 0.15) is 0 Å². The molecule has 152 valence electrons. The van der Waals surface area contributed by atoms with E-state index in [1.807, 2.05) is 0 Å². The van der Waals surface area contributed by atoms with Gasteiger partial charge in [0, 0.05) is 35.5 Å². The van der Waals surface area contributed by atoms with Gasteiger partial charge in [-0.3, -0.25) is 0 Å². The van der Waals surface area contributed by atoms with Gasteiger partial charge in [-0.25, -0.2) is 0 Å². The molecule has 0 heterocycles. The van der Waals surface area contributed by atoms with E-state index in [1.54, 1.807) is 0 Å². The minimum Gasteiger partial charge on any atom is -0.550 e. The Bertz CT molecular complexity index is 427. The summed E-state index contributed by atoms with van der Waals surface area (Å²) in [5.41, 5.74) is 0. The van der Waals surface area contributed by atoms with E-state index in [0.29, 0.717) is 5.75 Å². The van der Waals surface area contributed by atoms with Crippen molar-refractivity contribution < 1.29 is 118 Å². The third kappa shape index (κ3) is 22.7. The molecular formula is C19H31Na3O6S. The van der Waals surface area contributed by atoms with Crippen molar-refractivity contribution in [3.63, 3.8) is 0 Å². The predicted octanol–water partition coefficient (Wildman–Crippen LogP) is -8.48. The van der Waals surface area contributed by atoms with Crippen molar-refractivity contribution in [2.45, 2.75) is 77.6 Å². The Morgan fingerprint density at radius 3 is 1.48 bits per heavy atom. The second-order valence-electron chi connectivity index (χ2n) is 6.68. The van der Waals surface area contributed by atoms with E-state index in [-0.39, 0.29) is 94.4 Å². The fourth-order valence-electron chi connectivity index (χ4n) is 2.82. The van der Waals surface area contributed by atoms with Gasteiger partial charge in [0.25, 0.3) is 0 Å². The predicted molar refractivity (Wildman–Crippen MR) is 95.8 cm³/mol. The number of carboxylic acid groups (broad SMARTS) is 3. The largest absolute Gasteiger partial charge is 1.00 e. The third-order valence-corrected chi connectivity index (χ3v) is 5.59. The van der Waals surface area contributed by atoms with Crippen LogP contribution in [-0.2, 0) is 14.4 Å². The molecule has 0 saturated carbocycles. The van der Waals surface area contributed by atoms with Crippen molar-refractivity contribution >= 4 is 29.7 Å². The molecule has 0 aliphatic rings. The first kappa shape index (κ1) is 38.0. The maximum atomic E-state index is 11.1. The Morgan fingerprint density at radius 2 is 1.10 bits per heavy atom. The molecule has 0 aliphatic carbocycles. The zero-order valence-electron chi connectivity index (χ0n) is 18.7. The van der Waals surface area contributed by atoms with E-state index in [2.05, 4.69) is 6.92 Å². The van der Waals surface area contributed by atoms with Crippen LogP contribution in [0.25, 0.3) is 0 Å². The van der Waals surface area contributed by atoms with Crippen LogP contribution in [0.5, 0.6) is 0 Å². The monoisotopic (exact) mass is 456 g/mol. The fraction of sp³-hybridized carbons (Fsp3) is 0.842. The molecule has 0 saturated heterocycles. The summed E-state index contributed by atoms with van der Waals surface area (Å²) in [7, 11) is 0. The number of unbranched alkanes of at least 4 members (excludes halogenated alkanes) is 9. The van der Waals surface area contributed by atoms with Crippen molar-refractivity contribution in [2.24, 2.45) is 11.8 Å². The molecule has 0 amide bonds. The Morgan fingerprint density at radius 1 is 0.690 bits per heavy atom. The summed E-state index contributed by atoms with van der Waals surface area (Å²) in [5, 5.41) is 32.7. The molecule has 0 spiro atoms. The average molecular weight is 456 g/mol. The number of aliphatic carboxylic acids is 3. The SMILES string of the molecule is CCCCCCCCCCCCSCC(C(=O)[O-])C(CC(=O)[O-])C(=O)[O-].[Na+].[Na+].[Na+]. The molecule has 0 aromatic carbocycles. The van der Waals surface area contributed by atoms with Crippen molar-refractivity contribution in [3.05, 3.63) is 0 Å². The van der Waals surface area contributed by atoms with Gasteiger partial charge in [0.05, 0.1) is 0 Å². The van der Waals surface area contributed by atoms with Gasteiger partial charge < -0.3 is 29.7 Å². The van der Waals surface area contributed by atoms with Gasteiger partial charge in [-0.15, -0.1) is 0 Å². The molecule has 0 rings (SSSR count). The molecule has 29 heavy (non-hydrogen) atoms. The zero-order valence-corrected chi connectivity index (χ0v) is 25.5. The van der Waals surface area contributed by atoms with Crippen LogP contribution >= 0.6 is 11.8 Å². The first-order chi connectivity index (χ1) is 12.4. The van der Waals surface area contributed by atoms with Gasteiger partial charge in [-0.1, -0.05) is 64.7 Å². The maximum absolute atomic E-state index is 11.1. The number of carbonyl (C=O) groups is 3. The second kappa shape index (κ2) is 26.0. The summed E-state index contributed by atoms with van der Waals surface area (Å²) in [6.45, 7) is 2.20. The van der Waals surface area contributed by atoms with Crippen molar-refractivity contribution in [1.29, 1.82) is 0 Å². The fourth-order valence-corrected chi connectivity index (χ4v) is 4.02. The first-order valence-corrected chi connectivity index (χ1v) is 10.7. The van der Waals surface area contributed by atoms with Gasteiger partial charge in [0.15, 0.2) is 0 Å². The van der Waals surface area contributed by atoms with Crippen LogP contribution in [0.4, 0.5) is 0 Å². The summed E-state index contributed by atoms with van der Waals surface area (Å²) in [6.07, 6.45) is 11.2. The number of carboxylic acids is 3. The topological polar surface area (TPSA) is 120 Å². The molecule has 2 unspecified atom stereocenters. The summed E-state index contributed by atoms with van der Waals surface area (Å²) in [5.74, 6) is -7.14. The van der Waals surface area contributed by atoms with E-state index in [9.17, 15) is 29.7 Å². The van der Waals surface area contributed by atoms with E-state index < -0.39 is 36.2 Å². The Labute approximate surface area is 246 Å². The smallest absolute Gasteiger partial charge is 0.550 e. The molecule has 0 aromatic rings. The molecule has 0 N–H and O–H groups in total. The maximum Gasteiger partial charge on any atom is 1.00 e. The minimum absolute atomic E-state index is 0. The van der Waals surface area contributed by atoms with Crippen molar-refractivity contribution in [2.75, 3.05) is 11.5 Å². The Hall–Kier alpha value is 1.76. The number of carbonyl (C=O) groups excluding carboxylic acids is 3. The molecule has 2 atom stereocenters. The second-order valence-corrected chi connectivity index (χ2v) is 7.83. The molecule has 0 bridgehead atoms. The molecule has 6 nitrogen and oxygen atoms in total. The van der Waals surface area contributed by atoms with Crippen LogP contribution < -0.4 is 104 Å². The normalized spacial score (nSPS) is 11.9. The standard InChI is InChI=1S/C19H34O6S.3Na/c1-2-3-4-5-6-7-8-9-10-11-12-26-14-16(19(24)25)15(18(22)23)13-17(20)21;;;/h15-16H,2-14H2,1H3,(H,20,21)(H,22,23)(H,24,25);;;/q;3*+1/p-3. The molecule has 10 heteroatoms. The number of hydrogen-bond donors (Lipinski definition) is 0. The summed E-state index contributed by atoms with van der Waals surface area (Å²) in [4.78, 5) is 32.7. The molecule has 0 radical (unpaired) electrons. The van der Waals surface area contributed by atoms with Crippen LogP contribution in [-0.4, -0.2) is 29.4 Å². The summed E-state index contributed by atoms with van der Waals surface area (Å²) < 4.78 is 0. The van der Waals surface area contributed by atoms with Gasteiger partial charge in [-0.05, 0) is 18.6 Å². The minimum atomic E-state index is -1.69. The van der Waals surface area contributed by atoms with E-state index in [0.717, 1.165) is 19.3 Å². The Balaban J connectivity index is -0.00000104. The van der Waals surface area contributed by atoms with Crippen LogP contribution in [0.1, 0.15) is 77.6 Å². The van der Waals surface area contributed by atoms with Gasteiger partial charge >= 0.3 is 88.7 Å². The van der Waals surface area contributed by atoms with E-state index in [4.69, 9.17) is 0 Å². The zero-order chi connectivity index (χ0) is 19.8. The summed E-state index contributed by atoms with van der Waals surface area (Å²) >= 11 is 1.31. The molecule has 0 aromatic heterocycles. The number of rotatable bonds is 18. The van der Waals surface area contributed by atoms with Crippen LogP contribution in [0.3, 0.4) is 0 Å². The molecular weight excluding hydrogens is 425 g/mol. The quantitative estimate of drug-likeness (QED) is 0.148. The van der Waals surface area contributed by atoms with E-state index >= 15 is 0 Å². The van der Waals surface area contributed by atoms with Gasteiger partial charge in [-0.2, -0.15) is 11.8 Å². The number of thioether (sulfide) groups is 1. The van der Waals surface area contributed by atoms with Crippen LogP contribution in [0.2, 0.25) is 0 Å². The average Bonchev–Trinajstić information content (AvgIpc) is 2.57. The molecule has 0 aliphatic heterocycles. The van der Waals surface area contributed by atoms with Crippen molar-refractivity contribution in [1.82, 2.24) is 0 Å². The third-order valence-electron chi connectivity index (χ3n) is 4.42. The van der Waals surface area contributed by atoms with Crippen LogP contribution in [0, 0.1) is 11.8 Å². The number of hydrogen-bond acceptors (Lipinski definition) is 7. The Kier molecular flexibility index (Phi) is 34.1.